The van der Waals surface area contributed by atoms with Crippen LogP contribution < -0.4 is 5.73 Å². The van der Waals surface area contributed by atoms with Gasteiger partial charge in [0.1, 0.15) is 0 Å². The Labute approximate surface area is 108 Å². The maximum atomic E-state index is 10.6. The largest absolute Gasteiger partial charge is 0.388 e. The molecule has 0 saturated heterocycles. The first-order valence-corrected chi connectivity index (χ1v) is 7.63. The van der Waals surface area contributed by atoms with Crippen molar-refractivity contribution >= 4 is 11.3 Å². The first-order valence-electron chi connectivity index (χ1n) is 6.69. The number of hydrogen-bond acceptors (Lipinski definition) is 3. The van der Waals surface area contributed by atoms with Gasteiger partial charge in [-0.15, -0.1) is 0 Å². The first-order chi connectivity index (χ1) is 8.28. The van der Waals surface area contributed by atoms with E-state index in [0.29, 0.717) is 6.54 Å². The molecule has 2 nitrogen and oxygen atoms in total. The minimum atomic E-state index is -0.378. The molecule has 1 unspecified atom stereocenters. The Balaban J connectivity index is 2.15. The molecular weight excluding hydrogens is 230 g/mol. The Morgan fingerprint density at radius 1 is 1.24 bits per heavy atom. The average Bonchev–Trinajstić information content (AvgIpc) is 2.82. The third-order valence-electron chi connectivity index (χ3n) is 4.19. The Morgan fingerprint density at radius 3 is 2.41 bits per heavy atom. The van der Waals surface area contributed by atoms with Crippen LogP contribution in [0.5, 0.6) is 0 Å². The Bertz CT molecular complexity index is 315. The highest BCUT2D eigenvalue weighted by Gasteiger charge is 2.37. The van der Waals surface area contributed by atoms with Crippen molar-refractivity contribution in [3.05, 3.63) is 22.4 Å². The predicted octanol–water partition coefficient (Wildman–Crippen LogP) is 3.47. The SMILES string of the molecule is NCC1(C(O)c2ccsc2)CCCCCCC1. The molecule has 1 aliphatic rings. The van der Waals surface area contributed by atoms with Crippen LogP contribution in [0.3, 0.4) is 0 Å². The summed E-state index contributed by atoms with van der Waals surface area (Å²) in [5, 5.41) is 14.7. The van der Waals surface area contributed by atoms with E-state index < -0.39 is 0 Å². The summed E-state index contributed by atoms with van der Waals surface area (Å²) < 4.78 is 0. The fourth-order valence-electron chi connectivity index (χ4n) is 2.98. The summed E-state index contributed by atoms with van der Waals surface area (Å²) in [7, 11) is 0. The van der Waals surface area contributed by atoms with Crippen LogP contribution in [-0.2, 0) is 0 Å². The molecule has 3 N–H and O–H groups in total. The molecule has 0 amide bonds. The van der Waals surface area contributed by atoms with Gasteiger partial charge in [0.15, 0.2) is 0 Å². The summed E-state index contributed by atoms with van der Waals surface area (Å²) in [5.41, 5.74) is 6.98. The van der Waals surface area contributed by atoms with Gasteiger partial charge in [-0.3, -0.25) is 0 Å². The highest BCUT2D eigenvalue weighted by atomic mass is 32.1. The summed E-state index contributed by atoms with van der Waals surface area (Å²) in [6, 6.07) is 2.03. The lowest BCUT2D eigenvalue weighted by atomic mass is 9.70. The van der Waals surface area contributed by atoms with E-state index in [9.17, 15) is 5.11 Å². The second-order valence-electron chi connectivity index (χ2n) is 5.29. The van der Waals surface area contributed by atoms with Crippen molar-refractivity contribution < 1.29 is 5.11 Å². The number of nitrogens with two attached hydrogens (primary N) is 1. The summed E-state index contributed by atoms with van der Waals surface area (Å²) in [5.74, 6) is 0. The van der Waals surface area contributed by atoms with Gasteiger partial charge in [0.25, 0.3) is 0 Å². The van der Waals surface area contributed by atoms with Crippen molar-refractivity contribution in [3.8, 4) is 0 Å². The standard InChI is InChI=1S/C14H23NOS/c15-11-14(7-4-2-1-3-5-8-14)13(16)12-6-9-17-10-12/h6,9-10,13,16H,1-5,7-8,11,15H2. The smallest absolute Gasteiger partial charge is 0.0866 e. The van der Waals surface area contributed by atoms with Gasteiger partial charge in [-0.05, 0) is 35.2 Å². The van der Waals surface area contributed by atoms with Gasteiger partial charge in [0, 0.05) is 12.0 Å². The van der Waals surface area contributed by atoms with Crippen LogP contribution in [0.1, 0.15) is 56.6 Å². The second-order valence-corrected chi connectivity index (χ2v) is 6.07. The molecule has 1 atom stereocenters. The number of rotatable bonds is 3. The maximum absolute atomic E-state index is 10.6. The van der Waals surface area contributed by atoms with Crippen molar-refractivity contribution in [2.75, 3.05) is 6.54 Å². The summed E-state index contributed by atoms with van der Waals surface area (Å²) in [6.45, 7) is 0.601. The van der Waals surface area contributed by atoms with Crippen LogP contribution in [-0.4, -0.2) is 11.7 Å². The maximum Gasteiger partial charge on any atom is 0.0866 e. The molecule has 0 radical (unpaired) electrons. The van der Waals surface area contributed by atoms with E-state index >= 15 is 0 Å². The van der Waals surface area contributed by atoms with Gasteiger partial charge < -0.3 is 10.8 Å². The van der Waals surface area contributed by atoms with Crippen molar-refractivity contribution in [1.82, 2.24) is 0 Å². The zero-order valence-corrected chi connectivity index (χ0v) is 11.2. The molecule has 0 bridgehead atoms. The molecule has 1 aromatic rings. The molecule has 1 fully saturated rings. The van der Waals surface area contributed by atoms with Crippen LogP contribution in [0.4, 0.5) is 0 Å². The van der Waals surface area contributed by atoms with Crippen LogP contribution in [0, 0.1) is 5.41 Å². The first kappa shape index (κ1) is 13.1. The van der Waals surface area contributed by atoms with Gasteiger partial charge in [-0.25, -0.2) is 0 Å². The van der Waals surface area contributed by atoms with Gasteiger partial charge in [-0.1, -0.05) is 32.1 Å². The monoisotopic (exact) mass is 253 g/mol. The molecule has 17 heavy (non-hydrogen) atoms. The number of aliphatic hydroxyl groups excluding tert-OH is 1. The Morgan fingerprint density at radius 2 is 1.88 bits per heavy atom. The molecule has 0 spiro atoms. The lowest BCUT2D eigenvalue weighted by Gasteiger charge is -2.38. The quantitative estimate of drug-likeness (QED) is 0.866. The third-order valence-corrected chi connectivity index (χ3v) is 4.90. The molecule has 1 aliphatic carbocycles. The van der Waals surface area contributed by atoms with Gasteiger partial charge in [-0.2, -0.15) is 11.3 Å². The van der Waals surface area contributed by atoms with E-state index in [1.54, 1.807) is 11.3 Å². The van der Waals surface area contributed by atoms with Crippen molar-refractivity contribution in [2.24, 2.45) is 11.1 Å². The van der Waals surface area contributed by atoms with E-state index in [-0.39, 0.29) is 11.5 Å². The molecule has 1 aromatic heterocycles. The molecular formula is C14H23NOS. The van der Waals surface area contributed by atoms with Gasteiger partial charge in [0.2, 0.25) is 0 Å². The van der Waals surface area contributed by atoms with E-state index in [1.807, 2.05) is 11.4 Å². The lowest BCUT2D eigenvalue weighted by molar-refractivity contribution is 0.00877. The number of aliphatic hydroxyl groups is 1. The van der Waals surface area contributed by atoms with Crippen LogP contribution in [0.25, 0.3) is 0 Å². The van der Waals surface area contributed by atoms with E-state index in [0.717, 1.165) is 18.4 Å². The molecule has 0 aromatic carbocycles. The molecule has 3 heteroatoms. The lowest BCUT2D eigenvalue weighted by Crippen LogP contribution is -2.37. The second kappa shape index (κ2) is 5.98. The third kappa shape index (κ3) is 2.90. The van der Waals surface area contributed by atoms with E-state index in [1.165, 1.54) is 32.1 Å². The van der Waals surface area contributed by atoms with Crippen LogP contribution in [0.2, 0.25) is 0 Å². The van der Waals surface area contributed by atoms with Crippen LogP contribution in [0.15, 0.2) is 16.8 Å². The molecule has 1 saturated carbocycles. The van der Waals surface area contributed by atoms with Gasteiger partial charge >= 0.3 is 0 Å². The molecule has 2 rings (SSSR count). The van der Waals surface area contributed by atoms with Crippen molar-refractivity contribution in [2.45, 2.75) is 51.0 Å². The zero-order valence-electron chi connectivity index (χ0n) is 10.4. The fourth-order valence-corrected chi connectivity index (χ4v) is 3.66. The van der Waals surface area contributed by atoms with Gasteiger partial charge in [0.05, 0.1) is 6.10 Å². The minimum Gasteiger partial charge on any atom is -0.388 e. The number of thiophene rings is 1. The Kier molecular flexibility index (Phi) is 4.60. The normalized spacial score (nSPS) is 22.7. The number of hydrogen-bond donors (Lipinski definition) is 2. The van der Waals surface area contributed by atoms with Crippen LogP contribution >= 0.6 is 11.3 Å². The minimum absolute atomic E-state index is 0.0819. The summed E-state index contributed by atoms with van der Waals surface area (Å²) in [4.78, 5) is 0. The average molecular weight is 253 g/mol. The molecule has 0 aliphatic heterocycles. The van der Waals surface area contributed by atoms with E-state index in [2.05, 4.69) is 5.38 Å². The van der Waals surface area contributed by atoms with Crippen molar-refractivity contribution in [1.29, 1.82) is 0 Å². The highest BCUT2D eigenvalue weighted by molar-refractivity contribution is 7.07. The Hall–Kier alpha value is -0.380. The van der Waals surface area contributed by atoms with Crippen molar-refractivity contribution in [3.63, 3.8) is 0 Å². The van der Waals surface area contributed by atoms with E-state index in [4.69, 9.17) is 5.73 Å². The summed E-state index contributed by atoms with van der Waals surface area (Å²) >= 11 is 1.65. The highest BCUT2D eigenvalue weighted by Crippen LogP contribution is 2.44. The summed E-state index contributed by atoms with van der Waals surface area (Å²) in [6.07, 6.45) is 8.10. The fraction of sp³-hybridized carbons (Fsp3) is 0.714. The topological polar surface area (TPSA) is 46.2 Å². The molecule has 96 valence electrons. The zero-order chi connectivity index (χ0) is 12.1. The predicted molar refractivity (Wildman–Crippen MR) is 73.1 cm³/mol. The molecule has 1 heterocycles.